The average Bonchev–Trinajstić information content (AvgIpc) is 2.95. The molecule has 2 aromatic carbocycles. The predicted molar refractivity (Wildman–Crippen MR) is 110 cm³/mol. The van der Waals surface area contributed by atoms with Crippen molar-refractivity contribution in [1.82, 2.24) is 9.80 Å². The van der Waals surface area contributed by atoms with Crippen LogP contribution in [0.1, 0.15) is 23.7 Å². The molecule has 5 nitrogen and oxygen atoms in total. The molecule has 0 spiro atoms. The second-order valence-electron chi connectivity index (χ2n) is 6.69. The number of carbonyl (C=O) groups is 2. The molecule has 2 aromatic rings. The van der Waals surface area contributed by atoms with Gasteiger partial charge >= 0.3 is 0 Å². The summed E-state index contributed by atoms with van der Waals surface area (Å²) in [6, 6.07) is 13.8. The third-order valence-corrected chi connectivity index (χ3v) is 5.16. The predicted octanol–water partition coefficient (Wildman–Crippen LogP) is 4.14. The molecule has 3 rings (SSSR count). The minimum Gasteiger partial charge on any atom is -0.481 e. The minimum absolute atomic E-state index is 0.0450. The number of benzene rings is 2. The SMILES string of the molecule is CC(Oc1ccc(Cl)cc1)C(=O)N1CCCN(C(=O)c2ccc(Cl)cc2)CC1. The molecule has 28 heavy (non-hydrogen) atoms. The average molecular weight is 421 g/mol. The van der Waals surface area contributed by atoms with Gasteiger partial charge in [-0.1, -0.05) is 23.2 Å². The molecular weight excluding hydrogens is 399 g/mol. The quantitative estimate of drug-likeness (QED) is 0.746. The Balaban J connectivity index is 1.57. The van der Waals surface area contributed by atoms with E-state index in [2.05, 4.69) is 0 Å². The molecule has 0 N–H and O–H groups in total. The first-order valence-electron chi connectivity index (χ1n) is 9.20. The maximum absolute atomic E-state index is 12.8. The Kier molecular flexibility index (Phi) is 6.81. The highest BCUT2D eigenvalue weighted by molar-refractivity contribution is 6.30. The van der Waals surface area contributed by atoms with Crippen LogP contribution >= 0.6 is 23.2 Å². The summed E-state index contributed by atoms with van der Waals surface area (Å²) in [5, 5.41) is 1.21. The summed E-state index contributed by atoms with van der Waals surface area (Å²) < 4.78 is 5.74. The lowest BCUT2D eigenvalue weighted by Gasteiger charge is -2.25. The van der Waals surface area contributed by atoms with Crippen LogP contribution in [0.3, 0.4) is 0 Å². The van der Waals surface area contributed by atoms with Gasteiger partial charge in [-0.05, 0) is 61.9 Å². The first-order valence-corrected chi connectivity index (χ1v) is 9.95. The Morgan fingerprint density at radius 2 is 1.39 bits per heavy atom. The van der Waals surface area contributed by atoms with Crippen LogP contribution in [0.25, 0.3) is 0 Å². The van der Waals surface area contributed by atoms with Gasteiger partial charge in [0, 0.05) is 41.8 Å². The molecular formula is C21H22Cl2N2O3. The van der Waals surface area contributed by atoms with E-state index in [1.807, 2.05) is 0 Å². The highest BCUT2D eigenvalue weighted by Crippen LogP contribution is 2.18. The van der Waals surface area contributed by atoms with Crippen molar-refractivity contribution in [2.45, 2.75) is 19.4 Å². The van der Waals surface area contributed by atoms with Crippen LogP contribution in [0.5, 0.6) is 5.75 Å². The second-order valence-corrected chi connectivity index (χ2v) is 7.56. The first kappa shape index (κ1) is 20.5. The van der Waals surface area contributed by atoms with E-state index in [0.717, 1.165) is 6.42 Å². The molecule has 1 atom stereocenters. The lowest BCUT2D eigenvalue weighted by Crippen LogP contribution is -2.43. The molecule has 0 aliphatic carbocycles. The molecule has 1 aliphatic rings. The molecule has 1 saturated heterocycles. The van der Waals surface area contributed by atoms with Gasteiger partial charge in [-0.3, -0.25) is 9.59 Å². The Bertz CT molecular complexity index is 825. The summed E-state index contributed by atoms with van der Waals surface area (Å²) in [7, 11) is 0. The number of halogens is 2. The summed E-state index contributed by atoms with van der Waals surface area (Å²) >= 11 is 11.8. The third-order valence-electron chi connectivity index (χ3n) is 4.66. The van der Waals surface area contributed by atoms with Crippen LogP contribution in [0.4, 0.5) is 0 Å². The molecule has 1 fully saturated rings. The molecule has 1 unspecified atom stereocenters. The fourth-order valence-corrected chi connectivity index (χ4v) is 3.39. The van der Waals surface area contributed by atoms with E-state index in [0.29, 0.717) is 47.5 Å². The van der Waals surface area contributed by atoms with Crippen LogP contribution < -0.4 is 4.74 Å². The number of nitrogens with zero attached hydrogens (tertiary/aromatic N) is 2. The van der Waals surface area contributed by atoms with Crippen LogP contribution in [-0.4, -0.2) is 53.9 Å². The smallest absolute Gasteiger partial charge is 0.263 e. The summed E-state index contributed by atoms with van der Waals surface area (Å²) in [5.74, 6) is 0.465. The van der Waals surface area contributed by atoms with E-state index in [1.165, 1.54) is 0 Å². The standard InChI is InChI=1S/C21H22Cl2N2O3/c1-15(28-19-9-7-18(23)8-10-19)20(26)24-11-2-12-25(14-13-24)21(27)16-3-5-17(22)6-4-16/h3-10,15H,2,11-14H2,1H3. The van der Waals surface area contributed by atoms with E-state index in [9.17, 15) is 9.59 Å². The van der Waals surface area contributed by atoms with Crippen molar-refractivity contribution >= 4 is 35.0 Å². The van der Waals surface area contributed by atoms with E-state index < -0.39 is 6.10 Å². The van der Waals surface area contributed by atoms with Gasteiger partial charge in [0.05, 0.1) is 0 Å². The maximum Gasteiger partial charge on any atom is 0.263 e. The zero-order valence-corrected chi connectivity index (χ0v) is 17.1. The number of hydrogen-bond acceptors (Lipinski definition) is 3. The van der Waals surface area contributed by atoms with Crippen molar-refractivity contribution in [3.63, 3.8) is 0 Å². The number of ether oxygens (including phenoxy) is 1. The lowest BCUT2D eigenvalue weighted by molar-refractivity contribution is -0.137. The summed E-state index contributed by atoms with van der Waals surface area (Å²) in [6.07, 6.45) is 0.110. The van der Waals surface area contributed by atoms with Crippen LogP contribution in [-0.2, 0) is 4.79 Å². The zero-order valence-electron chi connectivity index (χ0n) is 15.6. The van der Waals surface area contributed by atoms with Crippen LogP contribution in [0, 0.1) is 0 Å². The summed E-state index contributed by atoms with van der Waals surface area (Å²) in [4.78, 5) is 29.0. The van der Waals surface area contributed by atoms with E-state index in [1.54, 1.807) is 65.3 Å². The highest BCUT2D eigenvalue weighted by Gasteiger charge is 2.26. The van der Waals surface area contributed by atoms with E-state index in [4.69, 9.17) is 27.9 Å². The normalized spacial score (nSPS) is 15.7. The largest absolute Gasteiger partial charge is 0.481 e. The van der Waals surface area contributed by atoms with Crippen molar-refractivity contribution < 1.29 is 14.3 Å². The second kappa shape index (κ2) is 9.30. The molecule has 0 bridgehead atoms. The monoisotopic (exact) mass is 420 g/mol. The molecule has 0 radical (unpaired) electrons. The molecule has 7 heteroatoms. The molecule has 0 aromatic heterocycles. The molecule has 1 heterocycles. The van der Waals surface area contributed by atoms with Gasteiger partial charge in [0.2, 0.25) is 0 Å². The summed E-state index contributed by atoms with van der Waals surface area (Å²) in [6.45, 7) is 3.90. The van der Waals surface area contributed by atoms with Gasteiger partial charge < -0.3 is 14.5 Å². The first-order chi connectivity index (χ1) is 13.4. The van der Waals surface area contributed by atoms with Crippen molar-refractivity contribution in [3.8, 4) is 5.75 Å². The van der Waals surface area contributed by atoms with E-state index in [-0.39, 0.29) is 11.8 Å². The van der Waals surface area contributed by atoms with Gasteiger partial charge in [-0.2, -0.15) is 0 Å². The van der Waals surface area contributed by atoms with Crippen LogP contribution in [0.2, 0.25) is 10.0 Å². The van der Waals surface area contributed by atoms with Crippen molar-refractivity contribution in [2.75, 3.05) is 26.2 Å². The van der Waals surface area contributed by atoms with Crippen molar-refractivity contribution in [2.24, 2.45) is 0 Å². The zero-order chi connectivity index (χ0) is 20.1. The Morgan fingerprint density at radius 3 is 2.04 bits per heavy atom. The highest BCUT2D eigenvalue weighted by atomic mass is 35.5. The van der Waals surface area contributed by atoms with Crippen molar-refractivity contribution in [1.29, 1.82) is 0 Å². The number of rotatable bonds is 4. The Hall–Kier alpha value is -2.24. The van der Waals surface area contributed by atoms with Crippen LogP contribution in [0.15, 0.2) is 48.5 Å². The molecule has 1 aliphatic heterocycles. The fraction of sp³-hybridized carbons (Fsp3) is 0.333. The number of amides is 2. The number of carbonyl (C=O) groups excluding carboxylic acids is 2. The fourth-order valence-electron chi connectivity index (χ4n) is 3.14. The van der Waals surface area contributed by atoms with Gasteiger partial charge in [0.1, 0.15) is 5.75 Å². The number of hydrogen-bond donors (Lipinski definition) is 0. The third kappa shape index (κ3) is 5.18. The molecule has 0 saturated carbocycles. The molecule has 148 valence electrons. The molecule has 2 amide bonds. The van der Waals surface area contributed by atoms with Crippen molar-refractivity contribution in [3.05, 3.63) is 64.1 Å². The minimum atomic E-state index is -0.611. The van der Waals surface area contributed by atoms with Gasteiger partial charge in [0.15, 0.2) is 6.10 Å². The summed E-state index contributed by atoms with van der Waals surface area (Å²) in [5.41, 5.74) is 0.601. The van der Waals surface area contributed by atoms with Gasteiger partial charge in [-0.25, -0.2) is 0 Å². The Labute approximate surface area is 174 Å². The Morgan fingerprint density at radius 1 is 0.857 bits per heavy atom. The van der Waals surface area contributed by atoms with Gasteiger partial charge in [-0.15, -0.1) is 0 Å². The maximum atomic E-state index is 12.8. The van der Waals surface area contributed by atoms with E-state index >= 15 is 0 Å². The lowest BCUT2D eigenvalue weighted by atomic mass is 10.2. The topological polar surface area (TPSA) is 49.9 Å². The van der Waals surface area contributed by atoms with Gasteiger partial charge in [0.25, 0.3) is 11.8 Å².